The van der Waals surface area contributed by atoms with Gasteiger partial charge in [0.15, 0.2) is 0 Å². The average molecular weight is 279 g/mol. The summed E-state index contributed by atoms with van der Waals surface area (Å²) >= 11 is 0. The van der Waals surface area contributed by atoms with E-state index >= 15 is 0 Å². The Bertz CT molecular complexity index is 592. The van der Waals surface area contributed by atoms with Crippen molar-refractivity contribution in [3.63, 3.8) is 0 Å². The summed E-state index contributed by atoms with van der Waals surface area (Å²) < 4.78 is 0. The third-order valence-electron chi connectivity index (χ3n) is 4.87. The zero-order chi connectivity index (χ0) is 14.7. The molecule has 0 aliphatic heterocycles. The Labute approximate surface area is 128 Å². The summed E-state index contributed by atoms with van der Waals surface area (Å²) in [6, 6.07) is 15.5. The van der Waals surface area contributed by atoms with Gasteiger partial charge in [-0.05, 0) is 67.5 Å². The van der Waals surface area contributed by atoms with E-state index in [2.05, 4.69) is 61.6 Å². The number of aryl methyl sites for hydroxylation is 1. The van der Waals surface area contributed by atoms with Crippen LogP contribution < -0.4 is 5.32 Å². The Balaban J connectivity index is 1.73. The predicted octanol–water partition coefficient (Wildman–Crippen LogP) is 6.09. The van der Waals surface area contributed by atoms with Gasteiger partial charge in [0.2, 0.25) is 0 Å². The fraction of sp³-hybridized carbons (Fsp3) is 0.400. The van der Waals surface area contributed by atoms with Gasteiger partial charge in [-0.1, -0.05) is 43.5 Å². The van der Waals surface area contributed by atoms with Gasteiger partial charge in [-0.15, -0.1) is 0 Å². The molecule has 2 aromatic carbocycles. The first-order valence-corrected chi connectivity index (χ1v) is 8.17. The molecule has 2 aromatic rings. The van der Waals surface area contributed by atoms with E-state index in [9.17, 15) is 0 Å². The maximum atomic E-state index is 3.54. The van der Waals surface area contributed by atoms with E-state index in [0.717, 1.165) is 5.92 Å². The van der Waals surface area contributed by atoms with E-state index in [1.54, 1.807) is 0 Å². The van der Waals surface area contributed by atoms with Crippen molar-refractivity contribution in [2.24, 2.45) is 0 Å². The van der Waals surface area contributed by atoms with Crippen molar-refractivity contribution in [3.05, 3.63) is 59.2 Å². The average Bonchev–Trinajstić information content (AvgIpc) is 2.53. The number of benzene rings is 2. The van der Waals surface area contributed by atoms with E-state index < -0.39 is 0 Å². The Hall–Kier alpha value is -1.76. The summed E-state index contributed by atoms with van der Waals surface area (Å²) in [4.78, 5) is 0. The topological polar surface area (TPSA) is 12.0 Å². The molecule has 0 spiro atoms. The van der Waals surface area contributed by atoms with Crippen molar-refractivity contribution in [2.45, 2.75) is 51.9 Å². The van der Waals surface area contributed by atoms with E-state index in [1.807, 2.05) is 0 Å². The van der Waals surface area contributed by atoms with Gasteiger partial charge in [-0.25, -0.2) is 0 Å². The monoisotopic (exact) mass is 279 g/mol. The van der Waals surface area contributed by atoms with Crippen LogP contribution in [0.1, 0.15) is 54.7 Å². The van der Waals surface area contributed by atoms with Crippen molar-refractivity contribution in [1.29, 1.82) is 0 Å². The van der Waals surface area contributed by atoms with Gasteiger partial charge in [-0.2, -0.15) is 0 Å². The zero-order valence-corrected chi connectivity index (χ0v) is 13.2. The Morgan fingerprint density at radius 3 is 2.29 bits per heavy atom. The van der Waals surface area contributed by atoms with Crippen LogP contribution in [-0.4, -0.2) is 0 Å². The minimum absolute atomic E-state index is 0.786. The molecule has 0 unspecified atom stereocenters. The highest BCUT2D eigenvalue weighted by molar-refractivity contribution is 5.64. The maximum Gasteiger partial charge on any atom is 0.0416 e. The standard InChI is InChI=1S/C20H25N/c1-15-7-6-10-20(16(15)2)21-19-13-11-18(12-14-19)17-8-4-3-5-9-17/h6-7,10-14,17,21H,3-5,8-9H2,1-2H3. The van der Waals surface area contributed by atoms with Crippen LogP contribution in [-0.2, 0) is 0 Å². The lowest BCUT2D eigenvalue weighted by Gasteiger charge is -2.22. The van der Waals surface area contributed by atoms with Crippen LogP contribution in [0.25, 0.3) is 0 Å². The van der Waals surface area contributed by atoms with E-state index in [1.165, 1.54) is 60.2 Å². The van der Waals surface area contributed by atoms with Gasteiger partial charge < -0.3 is 5.32 Å². The normalized spacial score (nSPS) is 15.9. The van der Waals surface area contributed by atoms with Crippen molar-refractivity contribution in [2.75, 3.05) is 5.32 Å². The van der Waals surface area contributed by atoms with Crippen molar-refractivity contribution in [1.82, 2.24) is 0 Å². The molecule has 1 saturated carbocycles. The first-order chi connectivity index (χ1) is 10.2. The van der Waals surface area contributed by atoms with Crippen LogP contribution in [0, 0.1) is 13.8 Å². The smallest absolute Gasteiger partial charge is 0.0416 e. The Morgan fingerprint density at radius 2 is 1.57 bits per heavy atom. The first-order valence-electron chi connectivity index (χ1n) is 8.17. The number of nitrogens with one attached hydrogen (secondary N) is 1. The summed E-state index contributed by atoms with van der Waals surface area (Å²) in [5.74, 6) is 0.786. The molecule has 0 radical (unpaired) electrons. The molecule has 1 N–H and O–H groups in total. The Morgan fingerprint density at radius 1 is 0.857 bits per heavy atom. The van der Waals surface area contributed by atoms with E-state index in [0.29, 0.717) is 0 Å². The highest BCUT2D eigenvalue weighted by Crippen LogP contribution is 2.33. The molecule has 110 valence electrons. The number of rotatable bonds is 3. The van der Waals surface area contributed by atoms with Gasteiger partial charge in [0, 0.05) is 11.4 Å². The molecule has 21 heavy (non-hydrogen) atoms. The van der Waals surface area contributed by atoms with Crippen LogP contribution in [0.5, 0.6) is 0 Å². The lowest BCUT2D eigenvalue weighted by Crippen LogP contribution is -2.04. The van der Waals surface area contributed by atoms with Crippen LogP contribution in [0.4, 0.5) is 11.4 Å². The van der Waals surface area contributed by atoms with Crippen molar-refractivity contribution < 1.29 is 0 Å². The second kappa shape index (κ2) is 6.34. The first kappa shape index (κ1) is 14.2. The second-order valence-electron chi connectivity index (χ2n) is 6.33. The van der Waals surface area contributed by atoms with Crippen molar-refractivity contribution in [3.8, 4) is 0 Å². The SMILES string of the molecule is Cc1cccc(Nc2ccc(C3CCCCC3)cc2)c1C. The molecule has 0 atom stereocenters. The molecule has 0 bridgehead atoms. The van der Waals surface area contributed by atoms with Crippen LogP contribution in [0.15, 0.2) is 42.5 Å². The molecular weight excluding hydrogens is 254 g/mol. The lowest BCUT2D eigenvalue weighted by molar-refractivity contribution is 0.443. The molecule has 1 heteroatoms. The van der Waals surface area contributed by atoms with Crippen LogP contribution in [0.3, 0.4) is 0 Å². The summed E-state index contributed by atoms with van der Waals surface area (Å²) in [5, 5.41) is 3.54. The molecule has 0 saturated heterocycles. The summed E-state index contributed by atoms with van der Waals surface area (Å²) in [7, 11) is 0. The minimum Gasteiger partial charge on any atom is -0.355 e. The highest BCUT2D eigenvalue weighted by Gasteiger charge is 2.15. The molecule has 1 nitrogen and oxygen atoms in total. The molecule has 0 aromatic heterocycles. The van der Waals surface area contributed by atoms with Crippen LogP contribution >= 0.6 is 0 Å². The third-order valence-corrected chi connectivity index (χ3v) is 4.87. The van der Waals surface area contributed by atoms with E-state index in [4.69, 9.17) is 0 Å². The third kappa shape index (κ3) is 3.29. The maximum absolute atomic E-state index is 3.54. The Kier molecular flexibility index (Phi) is 4.28. The molecule has 1 aliphatic carbocycles. The summed E-state index contributed by atoms with van der Waals surface area (Å²) in [6.07, 6.45) is 6.94. The summed E-state index contributed by atoms with van der Waals surface area (Å²) in [5.41, 5.74) is 6.57. The molecule has 1 aliphatic rings. The van der Waals surface area contributed by atoms with Gasteiger partial charge in [0.1, 0.15) is 0 Å². The number of anilines is 2. The van der Waals surface area contributed by atoms with Gasteiger partial charge >= 0.3 is 0 Å². The van der Waals surface area contributed by atoms with Crippen LogP contribution in [0.2, 0.25) is 0 Å². The predicted molar refractivity (Wildman–Crippen MR) is 91.5 cm³/mol. The fourth-order valence-electron chi connectivity index (χ4n) is 3.32. The lowest BCUT2D eigenvalue weighted by atomic mass is 9.84. The molecule has 1 fully saturated rings. The minimum atomic E-state index is 0.786. The number of hydrogen-bond acceptors (Lipinski definition) is 1. The molecule has 0 amide bonds. The number of hydrogen-bond donors (Lipinski definition) is 1. The molecular formula is C20H25N. The second-order valence-corrected chi connectivity index (χ2v) is 6.33. The quantitative estimate of drug-likeness (QED) is 0.716. The van der Waals surface area contributed by atoms with Gasteiger partial charge in [0.05, 0.1) is 0 Å². The van der Waals surface area contributed by atoms with Gasteiger partial charge in [0.25, 0.3) is 0 Å². The zero-order valence-electron chi connectivity index (χ0n) is 13.2. The fourth-order valence-corrected chi connectivity index (χ4v) is 3.32. The highest BCUT2D eigenvalue weighted by atomic mass is 14.9. The van der Waals surface area contributed by atoms with E-state index in [-0.39, 0.29) is 0 Å². The molecule has 0 heterocycles. The summed E-state index contributed by atoms with van der Waals surface area (Å²) in [6.45, 7) is 4.33. The van der Waals surface area contributed by atoms with Gasteiger partial charge in [-0.3, -0.25) is 0 Å². The molecule has 3 rings (SSSR count). The largest absolute Gasteiger partial charge is 0.355 e. The van der Waals surface area contributed by atoms with Crippen molar-refractivity contribution >= 4 is 11.4 Å².